The fraction of sp³-hybridized carbons (Fsp3) is 1.00. The average molecular weight is 269 g/mol. The van der Waals surface area contributed by atoms with Gasteiger partial charge < -0.3 is 14.8 Å². The summed E-state index contributed by atoms with van der Waals surface area (Å²) in [6.07, 6.45) is 8.02. The Bertz CT molecular complexity index is 243. The Morgan fingerprint density at radius 2 is 2.00 bits per heavy atom. The highest BCUT2D eigenvalue weighted by molar-refractivity contribution is 4.85. The largest absolute Gasteiger partial charge is 0.381 e. The van der Waals surface area contributed by atoms with E-state index in [1.807, 2.05) is 0 Å². The Morgan fingerprint density at radius 1 is 1.21 bits per heavy atom. The van der Waals surface area contributed by atoms with Gasteiger partial charge >= 0.3 is 0 Å². The summed E-state index contributed by atoms with van der Waals surface area (Å²) >= 11 is 0. The standard InChI is InChI=1S/C16H31NO2/c1-14(2)12-17-13-16(7-10-18-11-8-16)6-5-15-4-3-9-19-15/h14-15,17H,3-13H2,1-2H3. The van der Waals surface area contributed by atoms with Crippen molar-refractivity contribution in [3.05, 3.63) is 0 Å². The van der Waals surface area contributed by atoms with E-state index in [1.165, 1.54) is 38.5 Å². The molecule has 2 rings (SSSR count). The molecular weight excluding hydrogens is 238 g/mol. The van der Waals surface area contributed by atoms with E-state index in [1.54, 1.807) is 0 Å². The van der Waals surface area contributed by atoms with Crippen molar-refractivity contribution < 1.29 is 9.47 Å². The van der Waals surface area contributed by atoms with E-state index >= 15 is 0 Å². The van der Waals surface area contributed by atoms with Crippen molar-refractivity contribution in [3.63, 3.8) is 0 Å². The van der Waals surface area contributed by atoms with Gasteiger partial charge in [-0.1, -0.05) is 13.8 Å². The summed E-state index contributed by atoms with van der Waals surface area (Å²) in [6, 6.07) is 0. The lowest BCUT2D eigenvalue weighted by molar-refractivity contribution is 0.000120. The van der Waals surface area contributed by atoms with Crippen LogP contribution in [0.4, 0.5) is 0 Å². The van der Waals surface area contributed by atoms with E-state index in [2.05, 4.69) is 19.2 Å². The van der Waals surface area contributed by atoms with E-state index in [9.17, 15) is 0 Å². The summed E-state index contributed by atoms with van der Waals surface area (Å²) < 4.78 is 11.3. The second-order valence-corrected chi connectivity index (χ2v) is 6.81. The second kappa shape index (κ2) is 7.61. The lowest BCUT2D eigenvalue weighted by Gasteiger charge is -2.38. The summed E-state index contributed by atoms with van der Waals surface area (Å²) in [5.74, 6) is 0.732. The molecule has 0 aromatic rings. The van der Waals surface area contributed by atoms with Crippen LogP contribution in [0.25, 0.3) is 0 Å². The van der Waals surface area contributed by atoms with Crippen LogP contribution in [0.5, 0.6) is 0 Å². The van der Waals surface area contributed by atoms with Gasteiger partial charge in [0, 0.05) is 26.4 Å². The van der Waals surface area contributed by atoms with Crippen LogP contribution in [0.15, 0.2) is 0 Å². The molecule has 1 atom stereocenters. The quantitative estimate of drug-likeness (QED) is 0.771. The minimum atomic E-state index is 0.457. The van der Waals surface area contributed by atoms with Gasteiger partial charge in [-0.25, -0.2) is 0 Å². The highest BCUT2D eigenvalue weighted by Crippen LogP contribution is 2.36. The van der Waals surface area contributed by atoms with Crippen molar-refractivity contribution >= 4 is 0 Å². The van der Waals surface area contributed by atoms with Crippen molar-refractivity contribution in [2.45, 2.75) is 58.5 Å². The van der Waals surface area contributed by atoms with E-state index in [-0.39, 0.29) is 0 Å². The summed E-state index contributed by atoms with van der Waals surface area (Å²) in [6.45, 7) is 9.69. The first-order valence-corrected chi connectivity index (χ1v) is 8.10. The molecule has 0 amide bonds. The van der Waals surface area contributed by atoms with Gasteiger partial charge in [0.25, 0.3) is 0 Å². The normalized spacial score (nSPS) is 27.0. The number of rotatable bonds is 7. The minimum absolute atomic E-state index is 0.457. The van der Waals surface area contributed by atoms with E-state index < -0.39 is 0 Å². The molecule has 2 heterocycles. The predicted octanol–water partition coefficient (Wildman–Crippen LogP) is 2.99. The zero-order chi connectivity index (χ0) is 13.6. The molecule has 0 aromatic carbocycles. The maximum Gasteiger partial charge on any atom is 0.0576 e. The highest BCUT2D eigenvalue weighted by Gasteiger charge is 2.33. The van der Waals surface area contributed by atoms with Crippen LogP contribution in [0.1, 0.15) is 52.4 Å². The van der Waals surface area contributed by atoms with Crippen LogP contribution in [-0.4, -0.2) is 39.0 Å². The molecule has 1 unspecified atom stereocenters. The summed E-state index contributed by atoms with van der Waals surface area (Å²) in [5, 5.41) is 3.67. The molecule has 3 nitrogen and oxygen atoms in total. The first-order valence-electron chi connectivity index (χ1n) is 8.10. The van der Waals surface area contributed by atoms with Crippen LogP contribution in [0, 0.1) is 11.3 Å². The molecule has 2 aliphatic rings. The van der Waals surface area contributed by atoms with Crippen LogP contribution >= 0.6 is 0 Å². The van der Waals surface area contributed by atoms with Gasteiger partial charge in [-0.15, -0.1) is 0 Å². The SMILES string of the molecule is CC(C)CNCC1(CCC2CCCO2)CCOCC1. The number of ether oxygens (including phenoxy) is 2. The minimum Gasteiger partial charge on any atom is -0.381 e. The zero-order valence-electron chi connectivity index (χ0n) is 12.7. The smallest absolute Gasteiger partial charge is 0.0576 e. The topological polar surface area (TPSA) is 30.5 Å². The maximum absolute atomic E-state index is 5.78. The van der Waals surface area contributed by atoms with Gasteiger partial charge in [0.2, 0.25) is 0 Å². The predicted molar refractivity (Wildman–Crippen MR) is 78.4 cm³/mol. The maximum atomic E-state index is 5.78. The van der Waals surface area contributed by atoms with E-state index in [4.69, 9.17) is 9.47 Å². The van der Waals surface area contributed by atoms with Crippen molar-refractivity contribution in [2.75, 3.05) is 32.9 Å². The molecule has 3 heteroatoms. The third-order valence-electron chi connectivity index (χ3n) is 4.63. The molecule has 19 heavy (non-hydrogen) atoms. The molecule has 0 bridgehead atoms. The molecule has 0 spiro atoms. The molecule has 0 aliphatic carbocycles. The molecule has 2 saturated heterocycles. The van der Waals surface area contributed by atoms with E-state index in [0.717, 1.165) is 38.8 Å². The van der Waals surface area contributed by atoms with Crippen molar-refractivity contribution in [1.29, 1.82) is 0 Å². The van der Waals surface area contributed by atoms with Gasteiger partial charge in [0.1, 0.15) is 0 Å². The fourth-order valence-corrected chi connectivity index (χ4v) is 3.28. The van der Waals surface area contributed by atoms with Gasteiger partial charge in [0.05, 0.1) is 6.10 Å². The molecule has 0 saturated carbocycles. The Kier molecular flexibility index (Phi) is 6.11. The first kappa shape index (κ1) is 15.3. The fourth-order valence-electron chi connectivity index (χ4n) is 3.28. The Labute approximate surface area is 118 Å². The van der Waals surface area contributed by atoms with Gasteiger partial charge in [-0.05, 0) is 56.4 Å². The molecule has 112 valence electrons. The van der Waals surface area contributed by atoms with Crippen molar-refractivity contribution in [3.8, 4) is 0 Å². The van der Waals surface area contributed by atoms with Crippen molar-refractivity contribution in [2.24, 2.45) is 11.3 Å². The van der Waals surface area contributed by atoms with Gasteiger partial charge in [0.15, 0.2) is 0 Å². The van der Waals surface area contributed by atoms with Crippen LogP contribution < -0.4 is 5.32 Å². The van der Waals surface area contributed by atoms with Crippen LogP contribution in [-0.2, 0) is 9.47 Å². The monoisotopic (exact) mass is 269 g/mol. The third kappa shape index (κ3) is 5.05. The summed E-state index contributed by atoms with van der Waals surface area (Å²) in [7, 11) is 0. The second-order valence-electron chi connectivity index (χ2n) is 6.81. The van der Waals surface area contributed by atoms with Crippen LogP contribution in [0.2, 0.25) is 0 Å². The van der Waals surface area contributed by atoms with Crippen molar-refractivity contribution in [1.82, 2.24) is 5.32 Å². The highest BCUT2D eigenvalue weighted by atomic mass is 16.5. The average Bonchev–Trinajstić information content (AvgIpc) is 2.90. The number of hydrogen-bond donors (Lipinski definition) is 1. The Balaban J connectivity index is 1.78. The summed E-state index contributed by atoms with van der Waals surface area (Å²) in [4.78, 5) is 0. The van der Waals surface area contributed by atoms with Gasteiger partial charge in [-0.2, -0.15) is 0 Å². The van der Waals surface area contributed by atoms with Crippen LogP contribution in [0.3, 0.4) is 0 Å². The first-order chi connectivity index (χ1) is 9.20. The number of hydrogen-bond acceptors (Lipinski definition) is 3. The molecule has 2 aliphatic heterocycles. The van der Waals surface area contributed by atoms with Gasteiger partial charge in [-0.3, -0.25) is 0 Å². The Morgan fingerprint density at radius 3 is 2.63 bits per heavy atom. The zero-order valence-corrected chi connectivity index (χ0v) is 12.7. The molecule has 0 aromatic heterocycles. The third-order valence-corrected chi connectivity index (χ3v) is 4.63. The molecular formula is C16H31NO2. The molecule has 0 radical (unpaired) electrons. The van der Waals surface area contributed by atoms with E-state index in [0.29, 0.717) is 11.5 Å². The number of nitrogens with one attached hydrogen (secondary N) is 1. The Hall–Kier alpha value is -0.120. The lowest BCUT2D eigenvalue weighted by atomic mass is 9.75. The summed E-state index contributed by atoms with van der Waals surface area (Å²) in [5.41, 5.74) is 0.457. The molecule has 2 fully saturated rings. The molecule has 1 N–H and O–H groups in total. The lowest BCUT2D eigenvalue weighted by Crippen LogP contribution is -2.40.